The number of anilines is 1. The van der Waals surface area contributed by atoms with E-state index in [4.69, 9.17) is 4.74 Å². The van der Waals surface area contributed by atoms with Gasteiger partial charge in [-0.05, 0) is 50.2 Å². The molecule has 2 fully saturated rings. The van der Waals surface area contributed by atoms with E-state index in [-0.39, 0.29) is 12.5 Å². The molecule has 3 aliphatic rings. The second-order valence-corrected chi connectivity index (χ2v) is 8.45. The number of ether oxygens (including phenoxy) is 1. The Kier molecular flexibility index (Phi) is 6.78. The van der Waals surface area contributed by atoms with Crippen molar-refractivity contribution >= 4 is 11.6 Å². The zero-order chi connectivity index (χ0) is 21.1. The summed E-state index contributed by atoms with van der Waals surface area (Å²) < 4.78 is 44.7. The first-order valence-corrected chi connectivity index (χ1v) is 10.9. The highest BCUT2D eigenvalue weighted by Gasteiger charge is 2.38. The zero-order valence-electron chi connectivity index (χ0n) is 17.2. The number of piperidine rings is 1. The molecule has 1 aromatic carbocycles. The van der Waals surface area contributed by atoms with Gasteiger partial charge >= 0.3 is 0 Å². The van der Waals surface area contributed by atoms with E-state index in [1.165, 1.54) is 24.5 Å². The monoisotopic (exact) mass is 422 g/mol. The third-order valence-corrected chi connectivity index (χ3v) is 6.60. The topological polar surface area (TPSA) is 32.8 Å². The Morgan fingerprint density at radius 3 is 2.53 bits per heavy atom. The minimum Gasteiger partial charge on any atom is -0.375 e. The van der Waals surface area contributed by atoms with Crippen molar-refractivity contribution < 1.29 is 22.7 Å². The summed E-state index contributed by atoms with van der Waals surface area (Å²) in [5.41, 5.74) is 2.62. The smallest absolute Gasteiger partial charge is 0.227 e. The number of carbonyl (C=O) groups is 1. The van der Waals surface area contributed by atoms with Crippen LogP contribution in [-0.4, -0.2) is 55.9 Å². The van der Waals surface area contributed by atoms with E-state index in [0.717, 1.165) is 31.9 Å². The van der Waals surface area contributed by atoms with E-state index >= 15 is 0 Å². The first kappa shape index (κ1) is 21.4. The predicted octanol–water partition coefficient (Wildman–Crippen LogP) is 4.17. The van der Waals surface area contributed by atoms with Gasteiger partial charge in [0.2, 0.25) is 5.91 Å². The molecule has 4 nitrogen and oxygen atoms in total. The van der Waals surface area contributed by atoms with Crippen molar-refractivity contribution in [1.82, 2.24) is 4.90 Å². The van der Waals surface area contributed by atoms with Crippen LogP contribution in [0, 0.1) is 11.6 Å². The number of carbonyl (C=O) groups excluding carboxylic acids is 1. The van der Waals surface area contributed by atoms with Crippen molar-refractivity contribution in [2.45, 2.75) is 57.0 Å². The maximum absolute atomic E-state index is 13.7. The molecule has 1 amide bonds. The lowest BCUT2D eigenvalue weighted by Crippen LogP contribution is -2.43. The molecule has 164 valence electrons. The van der Waals surface area contributed by atoms with Gasteiger partial charge in [-0.25, -0.2) is 13.2 Å². The Balaban J connectivity index is 1.32. The highest BCUT2D eigenvalue weighted by molar-refractivity contribution is 5.96. The van der Waals surface area contributed by atoms with Gasteiger partial charge < -0.3 is 9.64 Å². The summed E-state index contributed by atoms with van der Waals surface area (Å²) in [6, 6.07) is 3.40. The number of hydrogen-bond acceptors (Lipinski definition) is 3. The second-order valence-electron chi connectivity index (χ2n) is 8.45. The summed E-state index contributed by atoms with van der Waals surface area (Å²) in [5.74, 6) is -1.78. The number of aryl methyl sites for hydroxylation is 1. The van der Waals surface area contributed by atoms with E-state index in [9.17, 15) is 18.0 Å². The summed E-state index contributed by atoms with van der Waals surface area (Å²) in [5, 5.41) is 0. The van der Waals surface area contributed by atoms with Gasteiger partial charge in [-0.15, -0.1) is 0 Å². The number of amides is 1. The van der Waals surface area contributed by atoms with Crippen LogP contribution in [0.1, 0.15) is 44.1 Å². The van der Waals surface area contributed by atoms with E-state index in [1.54, 1.807) is 4.90 Å². The van der Waals surface area contributed by atoms with Crippen LogP contribution < -0.4 is 4.90 Å². The van der Waals surface area contributed by atoms with Gasteiger partial charge in [0.15, 0.2) is 11.6 Å². The minimum absolute atomic E-state index is 0.0198. The molecule has 0 spiro atoms. The average molecular weight is 422 g/mol. The molecule has 4 rings (SSSR count). The molecule has 0 aromatic heterocycles. The molecule has 0 aliphatic carbocycles. The molecule has 0 N–H and O–H groups in total. The lowest BCUT2D eigenvalue weighted by atomic mass is 9.96. The Labute approximate surface area is 175 Å². The van der Waals surface area contributed by atoms with Crippen LogP contribution >= 0.6 is 0 Å². The molecule has 2 unspecified atom stereocenters. The molecular weight excluding hydrogens is 393 g/mol. The molecule has 30 heavy (non-hydrogen) atoms. The fourth-order valence-electron chi connectivity index (χ4n) is 5.18. The molecule has 0 radical (unpaired) electrons. The predicted molar refractivity (Wildman–Crippen MR) is 109 cm³/mol. The molecule has 1 aromatic rings. The van der Waals surface area contributed by atoms with Gasteiger partial charge in [0.05, 0.1) is 13.2 Å². The highest BCUT2D eigenvalue weighted by Crippen LogP contribution is 2.38. The van der Waals surface area contributed by atoms with Gasteiger partial charge in [-0.2, -0.15) is 0 Å². The van der Waals surface area contributed by atoms with Crippen molar-refractivity contribution in [3.8, 4) is 0 Å². The van der Waals surface area contributed by atoms with Crippen LogP contribution in [0.15, 0.2) is 23.8 Å². The maximum Gasteiger partial charge on any atom is 0.227 e. The summed E-state index contributed by atoms with van der Waals surface area (Å²) in [7, 11) is 0. The van der Waals surface area contributed by atoms with E-state index in [2.05, 4.69) is 11.0 Å². The molecule has 2 saturated heterocycles. The number of halogens is 3. The van der Waals surface area contributed by atoms with Crippen LogP contribution in [0.3, 0.4) is 0 Å². The standard InChI is InChI=1S/C23H29F3N2O2/c24-7-11-30-10-6-16-12-18-3-4-19(13-16)27(18)8-1-9-28-22-15-21(26)20(25)14-17(22)2-5-23(28)29/h6,14-15,18-19H,1-5,7-13H2. The lowest BCUT2D eigenvalue weighted by Gasteiger charge is -2.37. The Hall–Kier alpha value is -1.86. The van der Waals surface area contributed by atoms with Gasteiger partial charge in [0.25, 0.3) is 0 Å². The van der Waals surface area contributed by atoms with E-state index < -0.39 is 18.3 Å². The number of rotatable bonds is 8. The number of fused-ring (bicyclic) bond motifs is 3. The van der Waals surface area contributed by atoms with E-state index in [0.29, 0.717) is 49.3 Å². The van der Waals surface area contributed by atoms with Gasteiger partial charge in [0.1, 0.15) is 6.67 Å². The first-order chi connectivity index (χ1) is 14.6. The van der Waals surface area contributed by atoms with Crippen molar-refractivity contribution in [3.63, 3.8) is 0 Å². The van der Waals surface area contributed by atoms with Crippen LogP contribution in [0.5, 0.6) is 0 Å². The van der Waals surface area contributed by atoms with E-state index in [1.807, 2.05) is 0 Å². The number of nitrogens with zero attached hydrogens (tertiary/aromatic N) is 2. The molecule has 3 heterocycles. The molecule has 0 saturated carbocycles. The summed E-state index contributed by atoms with van der Waals surface area (Å²) in [6.45, 7) is 1.59. The highest BCUT2D eigenvalue weighted by atomic mass is 19.2. The lowest BCUT2D eigenvalue weighted by molar-refractivity contribution is -0.118. The zero-order valence-corrected chi connectivity index (χ0v) is 17.2. The van der Waals surface area contributed by atoms with Gasteiger partial charge in [-0.3, -0.25) is 9.69 Å². The Morgan fingerprint density at radius 1 is 1.07 bits per heavy atom. The van der Waals surface area contributed by atoms with Crippen molar-refractivity contribution in [2.75, 3.05) is 37.9 Å². The number of benzene rings is 1. The molecule has 2 atom stereocenters. The van der Waals surface area contributed by atoms with Crippen molar-refractivity contribution in [2.24, 2.45) is 0 Å². The number of alkyl halides is 1. The Bertz CT molecular complexity index is 798. The summed E-state index contributed by atoms with van der Waals surface area (Å²) in [4.78, 5) is 16.6. The second kappa shape index (κ2) is 9.52. The molecular formula is C23H29F3N2O2. The van der Waals surface area contributed by atoms with Crippen LogP contribution in [0.25, 0.3) is 0 Å². The third-order valence-electron chi connectivity index (χ3n) is 6.60. The van der Waals surface area contributed by atoms with Crippen molar-refractivity contribution in [3.05, 3.63) is 41.0 Å². The fraction of sp³-hybridized carbons (Fsp3) is 0.609. The first-order valence-electron chi connectivity index (χ1n) is 10.9. The molecule has 2 bridgehead atoms. The fourth-order valence-corrected chi connectivity index (χ4v) is 5.18. The normalized spacial score (nSPS) is 23.8. The largest absolute Gasteiger partial charge is 0.375 e. The minimum atomic E-state index is -0.905. The van der Waals surface area contributed by atoms with Gasteiger partial charge in [0, 0.05) is 43.3 Å². The summed E-state index contributed by atoms with van der Waals surface area (Å²) >= 11 is 0. The van der Waals surface area contributed by atoms with Crippen LogP contribution in [0.4, 0.5) is 18.9 Å². The molecule has 7 heteroatoms. The van der Waals surface area contributed by atoms with Crippen LogP contribution in [0.2, 0.25) is 0 Å². The quantitative estimate of drug-likeness (QED) is 0.466. The maximum atomic E-state index is 13.7. The molecule has 3 aliphatic heterocycles. The van der Waals surface area contributed by atoms with Gasteiger partial charge in [-0.1, -0.05) is 11.6 Å². The van der Waals surface area contributed by atoms with Crippen LogP contribution in [-0.2, 0) is 16.0 Å². The summed E-state index contributed by atoms with van der Waals surface area (Å²) in [6.07, 6.45) is 8.09. The van der Waals surface area contributed by atoms with Crippen molar-refractivity contribution in [1.29, 1.82) is 0 Å². The Morgan fingerprint density at radius 2 is 1.80 bits per heavy atom. The third kappa shape index (κ3) is 4.57. The number of hydrogen-bond donors (Lipinski definition) is 0. The SMILES string of the molecule is O=C1CCc2cc(F)c(F)cc2N1CCCN1C2CCC1CC(=CCOCCF)C2. The average Bonchev–Trinajstić information content (AvgIpc) is 2.96.